The Kier molecular flexibility index (Phi) is 5.42. The van der Waals surface area contributed by atoms with Crippen LogP contribution in [0.3, 0.4) is 0 Å². The molecule has 2 aromatic rings. The maximum Gasteiger partial charge on any atom is 0.0359 e. The van der Waals surface area contributed by atoms with Crippen LogP contribution >= 0.6 is 31.9 Å². The van der Waals surface area contributed by atoms with Gasteiger partial charge in [0.15, 0.2) is 0 Å². The van der Waals surface area contributed by atoms with Crippen LogP contribution in [-0.2, 0) is 6.42 Å². The molecule has 2 rings (SSSR count). The molecule has 0 spiro atoms. The fraction of sp³-hybridized carbons (Fsp3) is 0.294. The van der Waals surface area contributed by atoms with Crippen molar-refractivity contribution in [3.8, 4) is 0 Å². The zero-order chi connectivity index (χ0) is 14.7. The van der Waals surface area contributed by atoms with Crippen LogP contribution in [0.1, 0.15) is 28.3 Å². The second-order valence-corrected chi connectivity index (χ2v) is 6.95. The van der Waals surface area contributed by atoms with Gasteiger partial charge in [-0.05, 0) is 67.8 Å². The molecule has 0 aliphatic heterocycles. The minimum Gasteiger partial charge on any atom is -0.313 e. The van der Waals surface area contributed by atoms with Crippen LogP contribution in [0, 0.1) is 13.8 Å². The molecule has 0 aromatic heterocycles. The number of benzene rings is 2. The maximum atomic E-state index is 3.57. The Morgan fingerprint density at radius 1 is 1.00 bits per heavy atom. The Morgan fingerprint density at radius 3 is 2.05 bits per heavy atom. The largest absolute Gasteiger partial charge is 0.313 e. The first-order chi connectivity index (χ1) is 9.51. The highest BCUT2D eigenvalue weighted by Gasteiger charge is 2.14. The van der Waals surface area contributed by atoms with Crippen LogP contribution in [0.5, 0.6) is 0 Å². The molecular weight excluding hydrogens is 378 g/mol. The van der Waals surface area contributed by atoms with Gasteiger partial charge in [0, 0.05) is 15.0 Å². The molecular formula is C17H19Br2N. The summed E-state index contributed by atoms with van der Waals surface area (Å²) < 4.78 is 2.20. The second kappa shape index (κ2) is 6.88. The lowest BCUT2D eigenvalue weighted by atomic mass is 9.93. The number of hydrogen-bond donors (Lipinski definition) is 1. The summed E-state index contributed by atoms with van der Waals surface area (Å²) in [6.07, 6.45) is 0.998. The first-order valence-electron chi connectivity index (χ1n) is 6.69. The van der Waals surface area contributed by atoms with E-state index in [4.69, 9.17) is 0 Å². The molecule has 1 nitrogen and oxygen atoms in total. The Bertz CT molecular complexity index is 567. The topological polar surface area (TPSA) is 12.0 Å². The van der Waals surface area contributed by atoms with E-state index >= 15 is 0 Å². The maximum absolute atomic E-state index is 3.57. The van der Waals surface area contributed by atoms with Gasteiger partial charge in [-0.3, -0.25) is 0 Å². The van der Waals surface area contributed by atoms with Gasteiger partial charge in [-0.25, -0.2) is 0 Å². The molecule has 0 bridgehead atoms. The van der Waals surface area contributed by atoms with Crippen LogP contribution in [0.2, 0.25) is 0 Å². The van der Waals surface area contributed by atoms with Gasteiger partial charge < -0.3 is 5.32 Å². The van der Waals surface area contributed by atoms with Gasteiger partial charge in [0.25, 0.3) is 0 Å². The lowest BCUT2D eigenvalue weighted by Gasteiger charge is -2.20. The van der Waals surface area contributed by atoms with Crippen molar-refractivity contribution in [3.63, 3.8) is 0 Å². The molecule has 0 heterocycles. The Labute approximate surface area is 138 Å². The van der Waals surface area contributed by atoms with Gasteiger partial charge in [0.05, 0.1) is 0 Å². The van der Waals surface area contributed by atoms with Crippen LogP contribution in [0.15, 0.2) is 45.3 Å². The molecule has 0 fully saturated rings. The number of rotatable bonds is 4. The summed E-state index contributed by atoms with van der Waals surface area (Å²) >= 11 is 7.13. The van der Waals surface area contributed by atoms with E-state index in [2.05, 4.69) is 87.4 Å². The molecule has 0 saturated carbocycles. The molecule has 1 unspecified atom stereocenters. The lowest BCUT2D eigenvalue weighted by Crippen LogP contribution is -2.19. The minimum absolute atomic E-state index is 0.309. The first kappa shape index (κ1) is 15.7. The van der Waals surface area contributed by atoms with Crippen molar-refractivity contribution in [3.05, 3.63) is 67.6 Å². The quantitative estimate of drug-likeness (QED) is 0.736. The molecule has 0 amide bonds. The van der Waals surface area contributed by atoms with E-state index in [9.17, 15) is 0 Å². The molecule has 1 atom stereocenters. The highest BCUT2D eigenvalue weighted by atomic mass is 79.9. The fourth-order valence-electron chi connectivity index (χ4n) is 2.54. The van der Waals surface area contributed by atoms with Gasteiger partial charge in [-0.2, -0.15) is 0 Å². The molecule has 1 N–H and O–H groups in total. The average molecular weight is 397 g/mol. The van der Waals surface area contributed by atoms with Crippen LogP contribution < -0.4 is 5.32 Å². The summed E-state index contributed by atoms with van der Waals surface area (Å²) in [6.45, 7) is 4.37. The van der Waals surface area contributed by atoms with Crippen LogP contribution in [0.25, 0.3) is 0 Å². The minimum atomic E-state index is 0.309. The highest BCUT2D eigenvalue weighted by Crippen LogP contribution is 2.27. The van der Waals surface area contributed by atoms with Gasteiger partial charge >= 0.3 is 0 Å². The van der Waals surface area contributed by atoms with E-state index in [0.29, 0.717) is 6.04 Å². The fourth-order valence-corrected chi connectivity index (χ4v) is 3.87. The summed E-state index contributed by atoms with van der Waals surface area (Å²) in [5.74, 6) is 0. The molecule has 106 valence electrons. The predicted molar refractivity (Wildman–Crippen MR) is 93.3 cm³/mol. The molecule has 20 heavy (non-hydrogen) atoms. The highest BCUT2D eigenvalue weighted by molar-refractivity contribution is 9.11. The summed E-state index contributed by atoms with van der Waals surface area (Å²) in [7, 11) is 2.02. The molecule has 0 saturated heterocycles. The third-order valence-electron chi connectivity index (χ3n) is 3.69. The van der Waals surface area contributed by atoms with E-state index in [1.165, 1.54) is 22.3 Å². The number of nitrogens with one attached hydrogen (secondary N) is 1. The van der Waals surface area contributed by atoms with E-state index in [1.54, 1.807) is 0 Å². The summed E-state index contributed by atoms with van der Waals surface area (Å²) in [6, 6.07) is 13.2. The zero-order valence-electron chi connectivity index (χ0n) is 12.0. The predicted octanol–water partition coefficient (Wildman–Crippen LogP) is 5.33. The Balaban J connectivity index is 2.33. The van der Waals surface area contributed by atoms with Crippen LogP contribution in [0.4, 0.5) is 0 Å². The van der Waals surface area contributed by atoms with Crippen molar-refractivity contribution < 1.29 is 0 Å². The van der Waals surface area contributed by atoms with Crippen molar-refractivity contribution in [1.82, 2.24) is 5.32 Å². The Hall–Kier alpha value is -0.640. The summed E-state index contributed by atoms with van der Waals surface area (Å²) in [5.41, 5.74) is 5.44. The van der Waals surface area contributed by atoms with E-state index in [1.807, 2.05) is 7.05 Å². The van der Waals surface area contributed by atoms with Crippen molar-refractivity contribution >= 4 is 31.9 Å². The average Bonchev–Trinajstić information content (AvgIpc) is 2.37. The number of likely N-dealkylation sites (N-methyl/N-ethyl adjacent to an activating group) is 1. The lowest BCUT2D eigenvalue weighted by molar-refractivity contribution is 0.588. The standard InChI is InChI=1S/C17H19Br2N/c1-11-5-4-6-12(2)16(11)10-17(20-3)13-7-14(18)9-15(19)8-13/h4-9,17,20H,10H2,1-3H3. The van der Waals surface area contributed by atoms with Gasteiger partial charge in [0.2, 0.25) is 0 Å². The molecule has 2 aromatic carbocycles. The van der Waals surface area contributed by atoms with Gasteiger partial charge in [-0.15, -0.1) is 0 Å². The van der Waals surface area contributed by atoms with Crippen molar-refractivity contribution in [2.75, 3.05) is 7.05 Å². The molecule has 3 heteroatoms. The molecule has 0 aliphatic carbocycles. The zero-order valence-corrected chi connectivity index (χ0v) is 15.2. The van der Waals surface area contributed by atoms with Crippen molar-refractivity contribution in [1.29, 1.82) is 0 Å². The van der Waals surface area contributed by atoms with Gasteiger partial charge in [0.1, 0.15) is 0 Å². The first-order valence-corrected chi connectivity index (χ1v) is 8.28. The number of aryl methyl sites for hydroxylation is 2. The van der Waals surface area contributed by atoms with E-state index in [-0.39, 0.29) is 0 Å². The molecule has 0 radical (unpaired) electrons. The van der Waals surface area contributed by atoms with Crippen molar-refractivity contribution in [2.24, 2.45) is 0 Å². The third-order valence-corrected chi connectivity index (χ3v) is 4.60. The number of hydrogen-bond acceptors (Lipinski definition) is 1. The second-order valence-electron chi connectivity index (χ2n) is 5.12. The third kappa shape index (κ3) is 3.72. The van der Waals surface area contributed by atoms with E-state index < -0.39 is 0 Å². The normalized spacial score (nSPS) is 12.4. The van der Waals surface area contributed by atoms with Gasteiger partial charge in [-0.1, -0.05) is 50.1 Å². The number of halogens is 2. The van der Waals surface area contributed by atoms with Crippen molar-refractivity contribution in [2.45, 2.75) is 26.3 Å². The smallest absolute Gasteiger partial charge is 0.0359 e. The monoisotopic (exact) mass is 395 g/mol. The summed E-state index contributed by atoms with van der Waals surface area (Å²) in [5, 5.41) is 3.43. The summed E-state index contributed by atoms with van der Waals surface area (Å²) in [4.78, 5) is 0. The van der Waals surface area contributed by atoms with E-state index in [0.717, 1.165) is 15.4 Å². The van der Waals surface area contributed by atoms with Crippen LogP contribution in [-0.4, -0.2) is 7.05 Å². The Morgan fingerprint density at radius 2 is 1.55 bits per heavy atom. The SMILES string of the molecule is CNC(Cc1c(C)cccc1C)c1cc(Br)cc(Br)c1. The molecule has 0 aliphatic rings.